The lowest BCUT2D eigenvalue weighted by Gasteiger charge is -2.06. The number of amides is 1. The van der Waals surface area contributed by atoms with Gasteiger partial charge < -0.3 is 5.32 Å². The molecule has 2 aromatic heterocycles. The highest BCUT2D eigenvalue weighted by molar-refractivity contribution is 6.04. The zero-order valence-electron chi connectivity index (χ0n) is 11.1. The highest BCUT2D eigenvalue weighted by Crippen LogP contribution is 2.13. The lowest BCUT2D eigenvalue weighted by atomic mass is 10.2. The fourth-order valence-corrected chi connectivity index (χ4v) is 1.76. The molecule has 6 nitrogen and oxygen atoms in total. The molecule has 0 aliphatic heterocycles. The lowest BCUT2D eigenvalue weighted by molar-refractivity contribution is 0.102. The molecule has 1 N–H and O–H groups in total. The Labute approximate surface area is 123 Å². The highest BCUT2D eigenvalue weighted by Gasteiger charge is 2.10. The van der Waals surface area contributed by atoms with Crippen LogP contribution in [-0.2, 0) is 0 Å². The summed E-state index contributed by atoms with van der Waals surface area (Å²) in [6, 6.07) is 6.18. The third-order valence-electron chi connectivity index (χ3n) is 2.84. The Morgan fingerprint density at radius 2 is 2.00 bits per heavy atom. The van der Waals surface area contributed by atoms with Crippen LogP contribution in [0.15, 0.2) is 49.2 Å². The molecule has 0 aliphatic carbocycles. The molecular weight excluding hydrogens is 292 g/mol. The molecule has 0 saturated heterocycles. The van der Waals surface area contributed by atoms with E-state index in [1.165, 1.54) is 29.6 Å². The molecule has 0 unspecified atom stereocenters. The predicted octanol–water partition coefficient (Wildman–Crippen LogP) is 2.19. The van der Waals surface area contributed by atoms with Crippen LogP contribution in [0.2, 0.25) is 0 Å². The second-order valence-electron chi connectivity index (χ2n) is 4.33. The van der Waals surface area contributed by atoms with Gasteiger partial charge >= 0.3 is 0 Å². The topological polar surface area (TPSA) is 72.7 Å². The number of hydrogen-bond acceptors (Lipinski definition) is 4. The van der Waals surface area contributed by atoms with E-state index in [0.29, 0.717) is 11.5 Å². The Morgan fingerprint density at radius 3 is 2.64 bits per heavy atom. The first kappa shape index (κ1) is 13.8. The van der Waals surface area contributed by atoms with Gasteiger partial charge in [-0.25, -0.2) is 23.4 Å². The van der Waals surface area contributed by atoms with Crippen LogP contribution >= 0.6 is 0 Å². The summed E-state index contributed by atoms with van der Waals surface area (Å²) >= 11 is 0. The normalized spacial score (nSPS) is 10.5. The molecular formula is C14H9F2N5O. The van der Waals surface area contributed by atoms with Crippen LogP contribution < -0.4 is 5.32 Å². The average molecular weight is 301 g/mol. The first-order chi connectivity index (χ1) is 10.6. The van der Waals surface area contributed by atoms with Crippen LogP contribution in [0.1, 0.15) is 10.4 Å². The van der Waals surface area contributed by atoms with Gasteiger partial charge in [0.1, 0.15) is 12.7 Å². The minimum absolute atomic E-state index is 0.0132. The van der Waals surface area contributed by atoms with Crippen LogP contribution in [0.5, 0.6) is 0 Å². The summed E-state index contributed by atoms with van der Waals surface area (Å²) in [7, 11) is 0. The van der Waals surface area contributed by atoms with Gasteiger partial charge in [0.05, 0.1) is 11.9 Å². The van der Waals surface area contributed by atoms with Gasteiger partial charge in [-0.1, -0.05) is 0 Å². The van der Waals surface area contributed by atoms with Gasteiger partial charge in [0, 0.05) is 5.56 Å². The van der Waals surface area contributed by atoms with Gasteiger partial charge in [0.15, 0.2) is 17.5 Å². The number of pyridine rings is 1. The van der Waals surface area contributed by atoms with E-state index in [1.54, 1.807) is 12.1 Å². The highest BCUT2D eigenvalue weighted by atomic mass is 19.2. The van der Waals surface area contributed by atoms with Crippen molar-refractivity contribution in [1.82, 2.24) is 19.7 Å². The third-order valence-corrected chi connectivity index (χ3v) is 2.84. The van der Waals surface area contributed by atoms with Crippen LogP contribution in [0.25, 0.3) is 5.82 Å². The molecule has 1 amide bonds. The molecule has 1 aromatic carbocycles. The summed E-state index contributed by atoms with van der Waals surface area (Å²) < 4.78 is 27.4. The maximum Gasteiger partial charge on any atom is 0.255 e. The van der Waals surface area contributed by atoms with Crippen molar-refractivity contribution in [3.8, 4) is 5.82 Å². The minimum atomic E-state index is -1.08. The Morgan fingerprint density at radius 1 is 1.14 bits per heavy atom. The van der Waals surface area contributed by atoms with Gasteiger partial charge in [0.2, 0.25) is 0 Å². The number of benzene rings is 1. The Hall–Kier alpha value is -3.16. The molecule has 110 valence electrons. The monoisotopic (exact) mass is 301 g/mol. The SMILES string of the molecule is O=C(Nc1ccc(-n2cncn2)nc1)c1ccc(F)c(F)c1. The standard InChI is InChI=1S/C14H9F2N5O/c15-11-3-1-9(5-12(11)16)14(22)20-10-2-4-13(18-6-10)21-8-17-7-19-21/h1-8H,(H,20,22). The Bertz CT molecular complexity index is 803. The lowest BCUT2D eigenvalue weighted by Crippen LogP contribution is -2.12. The van der Waals surface area contributed by atoms with E-state index in [0.717, 1.165) is 12.1 Å². The van der Waals surface area contributed by atoms with Gasteiger partial charge in [-0.2, -0.15) is 5.10 Å². The number of aromatic nitrogens is 4. The Balaban J connectivity index is 1.75. The zero-order valence-corrected chi connectivity index (χ0v) is 11.1. The van der Waals surface area contributed by atoms with E-state index in [1.807, 2.05) is 0 Å². The van der Waals surface area contributed by atoms with Crippen LogP contribution in [0.4, 0.5) is 14.5 Å². The average Bonchev–Trinajstić information content (AvgIpc) is 3.05. The summed E-state index contributed by atoms with van der Waals surface area (Å²) in [5, 5.41) is 6.46. The van der Waals surface area contributed by atoms with Crippen molar-refractivity contribution in [2.75, 3.05) is 5.32 Å². The zero-order chi connectivity index (χ0) is 15.5. The van der Waals surface area contributed by atoms with E-state index in [2.05, 4.69) is 20.4 Å². The summed E-state index contributed by atoms with van der Waals surface area (Å²) in [4.78, 5) is 19.8. The van der Waals surface area contributed by atoms with Crippen LogP contribution in [-0.4, -0.2) is 25.7 Å². The molecule has 8 heteroatoms. The fourth-order valence-electron chi connectivity index (χ4n) is 1.76. The number of carbonyl (C=O) groups is 1. The molecule has 0 bridgehead atoms. The molecule has 3 rings (SSSR count). The van der Waals surface area contributed by atoms with Crippen molar-refractivity contribution >= 4 is 11.6 Å². The molecule has 0 atom stereocenters. The maximum absolute atomic E-state index is 13.1. The van der Waals surface area contributed by atoms with Crippen LogP contribution in [0.3, 0.4) is 0 Å². The first-order valence-corrected chi connectivity index (χ1v) is 6.21. The predicted molar refractivity (Wildman–Crippen MR) is 73.5 cm³/mol. The van der Waals surface area contributed by atoms with E-state index in [-0.39, 0.29) is 5.56 Å². The van der Waals surface area contributed by atoms with Gasteiger partial charge in [0.25, 0.3) is 5.91 Å². The van der Waals surface area contributed by atoms with Crippen molar-refractivity contribution in [3.63, 3.8) is 0 Å². The van der Waals surface area contributed by atoms with Gasteiger partial charge in [-0.05, 0) is 30.3 Å². The molecule has 0 saturated carbocycles. The van der Waals surface area contributed by atoms with Crippen molar-refractivity contribution in [1.29, 1.82) is 0 Å². The molecule has 0 aliphatic rings. The van der Waals surface area contributed by atoms with E-state index >= 15 is 0 Å². The number of anilines is 1. The molecule has 3 aromatic rings. The van der Waals surface area contributed by atoms with Crippen molar-refractivity contribution < 1.29 is 13.6 Å². The second-order valence-corrected chi connectivity index (χ2v) is 4.33. The number of halogens is 2. The largest absolute Gasteiger partial charge is 0.321 e. The molecule has 2 heterocycles. The summed E-state index contributed by atoms with van der Waals surface area (Å²) in [5.74, 6) is -2.11. The fraction of sp³-hybridized carbons (Fsp3) is 0. The quantitative estimate of drug-likeness (QED) is 0.805. The van der Waals surface area contributed by atoms with E-state index < -0.39 is 17.5 Å². The Kier molecular flexibility index (Phi) is 3.57. The number of carbonyl (C=O) groups excluding carboxylic acids is 1. The van der Waals surface area contributed by atoms with Crippen molar-refractivity contribution in [3.05, 3.63) is 66.4 Å². The second kappa shape index (κ2) is 5.68. The minimum Gasteiger partial charge on any atom is -0.321 e. The first-order valence-electron chi connectivity index (χ1n) is 6.21. The van der Waals surface area contributed by atoms with Crippen molar-refractivity contribution in [2.45, 2.75) is 0 Å². The number of hydrogen-bond donors (Lipinski definition) is 1. The van der Waals surface area contributed by atoms with E-state index in [4.69, 9.17) is 0 Å². The molecule has 0 radical (unpaired) electrons. The third kappa shape index (κ3) is 2.80. The maximum atomic E-state index is 13.1. The summed E-state index contributed by atoms with van der Waals surface area (Å²) in [5.41, 5.74) is 0.429. The summed E-state index contributed by atoms with van der Waals surface area (Å²) in [6.07, 6.45) is 4.29. The van der Waals surface area contributed by atoms with Crippen molar-refractivity contribution in [2.24, 2.45) is 0 Å². The number of nitrogens with one attached hydrogen (secondary N) is 1. The van der Waals surface area contributed by atoms with Crippen LogP contribution in [0, 0.1) is 11.6 Å². The van der Waals surface area contributed by atoms with Gasteiger partial charge in [-0.15, -0.1) is 0 Å². The molecule has 0 fully saturated rings. The number of rotatable bonds is 3. The summed E-state index contributed by atoms with van der Waals surface area (Å²) in [6.45, 7) is 0. The molecule has 0 spiro atoms. The van der Waals surface area contributed by atoms with Gasteiger partial charge in [-0.3, -0.25) is 4.79 Å². The number of nitrogens with zero attached hydrogens (tertiary/aromatic N) is 4. The van der Waals surface area contributed by atoms with E-state index in [9.17, 15) is 13.6 Å². The molecule has 22 heavy (non-hydrogen) atoms. The smallest absolute Gasteiger partial charge is 0.255 e.